The van der Waals surface area contributed by atoms with Crippen LogP contribution in [0.1, 0.15) is 34.5 Å². The van der Waals surface area contributed by atoms with Crippen molar-refractivity contribution in [2.75, 3.05) is 0 Å². The number of para-hydroxylation sites is 1. The number of carbonyl (C=O) groups is 1. The molecule has 0 saturated heterocycles. The lowest BCUT2D eigenvalue weighted by atomic mass is 9.95. The Morgan fingerprint density at radius 1 is 1.25 bits per heavy atom. The second-order valence-electron chi connectivity index (χ2n) is 4.30. The highest BCUT2D eigenvalue weighted by Crippen LogP contribution is 2.30. The number of carbonyl (C=O) groups excluding carboxylic acids is 1. The number of hydrogen-bond acceptors (Lipinski definition) is 2. The van der Waals surface area contributed by atoms with Crippen LogP contribution in [0.5, 0.6) is 0 Å². The van der Waals surface area contributed by atoms with Gasteiger partial charge in [-0.2, -0.15) is 0 Å². The van der Waals surface area contributed by atoms with Gasteiger partial charge in [0.25, 0.3) is 0 Å². The fourth-order valence-corrected chi connectivity index (χ4v) is 2.60. The summed E-state index contributed by atoms with van der Waals surface area (Å²) in [5.41, 5.74) is 3.50. The maximum Gasteiger partial charge on any atom is 0.0736 e. The molecule has 0 aliphatic heterocycles. The lowest BCUT2D eigenvalue weighted by molar-refractivity contribution is -0.254. The molecule has 16 heavy (non-hydrogen) atoms. The molecule has 3 rings (SSSR count). The molecule has 3 heteroatoms. The summed E-state index contributed by atoms with van der Waals surface area (Å²) < 4.78 is 0. The van der Waals surface area contributed by atoms with Crippen molar-refractivity contribution in [1.29, 1.82) is 0 Å². The van der Waals surface area contributed by atoms with Crippen molar-refractivity contribution in [2.45, 2.75) is 25.7 Å². The summed E-state index contributed by atoms with van der Waals surface area (Å²) in [5, 5.41) is 12.0. The van der Waals surface area contributed by atoms with E-state index in [-0.39, 0.29) is 5.56 Å². The molecule has 0 atom stereocenters. The van der Waals surface area contributed by atoms with Crippen LogP contribution >= 0.6 is 0 Å². The van der Waals surface area contributed by atoms with Crippen LogP contribution in [0.2, 0.25) is 0 Å². The standard InChI is InChI=1S/C13H13NO2/c15-13(16)10-6-3-5-9-8-4-1-2-7-11(8)14-12(9)10/h3,5-6,14H,1-2,4,7H2,(H,15,16)/p-1. The fraction of sp³-hybridized carbons (Fsp3) is 0.308. The molecule has 1 aromatic heterocycles. The highest BCUT2D eigenvalue weighted by atomic mass is 16.4. The van der Waals surface area contributed by atoms with Crippen LogP contribution < -0.4 is 5.11 Å². The minimum absolute atomic E-state index is 0.270. The summed E-state index contributed by atoms with van der Waals surface area (Å²) in [6, 6.07) is 5.37. The number of H-pyrrole nitrogens is 1. The predicted molar refractivity (Wildman–Crippen MR) is 59.3 cm³/mol. The van der Waals surface area contributed by atoms with Gasteiger partial charge < -0.3 is 14.9 Å². The lowest BCUT2D eigenvalue weighted by Gasteiger charge is -2.10. The third kappa shape index (κ3) is 1.24. The topological polar surface area (TPSA) is 55.9 Å². The molecule has 82 valence electrons. The van der Waals surface area contributed by atoms with E-state index < -0.39 is 5.97 Å². The summed E-state index contributed by atoms with van der Waals surface area (Å²) in [6.07, 6.45) is 4.44. The van der Waals surface area contributed by atoms with E-state index in [4.69, 9.17) is 0 Å². The predicted octanol–water partition coefficient (Wildman–Crippen LogP) is 1.41. The summed E-state index contributed by atoms with van der Waals surface area (Å²) >= 11 is 0. The Morgan fingerprint density at radius 2 is 2.06 bits per heavy atom. The number of carboxylic acid groups (broad SMARTS) is 1. The first-order valence-electron chi connectivity index (χ1n) is 5.61. The molecule has 0 spiro atoms. The van der Waals surface area contributed by atoms with Gasteiger partial charge in [-0.05, 0) is 31.2 Å². The third-order valence-electron chi connectivity index (χ3n) is 3.35. The fourth-order valence-electron chi connectivity index (χ4n) is 2.60. The van der Waals surface area contributed by atoms with Crippen molar-refractivity contribution in [2.24, 2.45) is 0 Å². The van der Waals surface area contributed by atoms with Gasteiger partial charge in [-0.3, -0.25) is 0 Å². The minimum Gasteiger partial charge on any atom is -0.545 e. The van der Waals surface area contributed by atoms with E-state index in [2.05, 4.69) is 4.98 Å². The van der Waals surface area contributed by atoms with Gasteiger partial charge in [0.1, 0.15) is 0 Å². The number of fused-ring (bicyclic) bond motifs is 3. The van der Waals surface area contributed by atoms with Crippen LogP contribution in [-0.2, 0) is 12.8 Å². The molecule has 0 fully saturated rings. The second-order valence-corrected chi connectivity index (χ2v) is 4.30. The molecule has 0 saturated carbocycles. The number of aromatic carboxylic acids is 1. The Hall–Kier alpha value is -1.77. The van der Waals surface area contributed by atoms with E-state index in [1.54, 1.807) is 12.1 Å². The molecule has 0 radical (unpaired) electrons. The molecule has 2 aromatic rings. The van der Waals surface area contributed by atoms with E-state index in [0.717, 1.165) is 23.7 Å². The lowest BCUT2D eigenvalue weighted by Crippen LogP contribution is -2.22. The van der Waals surface area contributed by atoms with Gasteiger partial charge in [0.05, 0.1) is 11.5 Å². The quantitative estimate of drug-likeness (QED) is 0.780. The van der Waals surface area contributed by atoms with E-state index >= 15 is 0 Å². The van der Waals surface area contributed by atoms with Crippen LogP contribution in [0.4, 0.5) is 0 Å². The Bertz CT molecular complexity index is 569. The monoisotopic (exact) mass is 214 g/mol. The van der Waals surface area contributed by atoms with Crippen molar-refractivity contribution in [3.8, 4) is 0 Å². The molecular formula is C13H12NO2-. The molecule has 1 aromatic carbocycles. The highest BCUT2D eigenvalue weighted by molar-refractivity contribution is 6.02. The van der Waals surface area contributed by atoms with Gasteiger partial charge in [0, 0.05) is 16.6 Å². The average molecular weight is 214 g/mol. The normalized spacial score (nSPS) is 15.0. The third-order valence-corrected chi connectivity index (χ3v) is 3.35. The molecule has 1 N–H and O–H groups in total. The number of rotatable bonds is 1. The van der Waals surface area contributed by atoms with Gasteiger partial charge in [0.2, 0.25) is 0 Å². The van der Waals surface area contributed by atoms with Gasteiger partial charge >= 0.3 is 0 Å². The summed E-state index contributed by atoms with van der Waals surface area (Å²) in [4.78, 5) is 14.2. The molecule has 1 aliphatic carbocycles. The van der Waals surface area contributed by atoms with Gasteiger partial charge in [-0.1, -0.05) is 18.2 Å². The molecule has 3 nitrogen and oxygen atoms in total. The van der Waals surface area contributed by atoms with Gasteiger partial charge in [0.15, 0.2) is 0 Å². The number of aromatic amines is 1. The Balaban J connectivity index is 2.33. The Kier molecular flexibility index (Phi) is 1.99. The number of aromatic nitrogens is 1. The van der Waals surface area contributed by atoms with Crippen LogP contribution in [0.25, 0.3) is 10.9 Å². The summed E-state index contributed by atoms with van der Waals surface area (Å²) in [6.45, 7) is 0. The van der Waals surface area contributed by atoms with Gasteiger partial charge in [-0.15, -0.1) is 0 Å². The summed E-state index contributed by atoms with van der Waals surface area (Å²) in [5.74, 6) is -1.11. The Labute approximate surface area is 93.1 Å². The summed E-state index contributed by atoms with van der Waals surface area (Å²) in [7, 11) is 0. The number of benzene rings is 1. The van der Waals surface area contributed by atoms with Gasteiger partial charge in [-0.25, -0.2) is 0 Å². The van der Waals surface area contributed by atoms with Crippen molar-refractivity contribution in [3.63, 3.8) is 0 Å². The first-order chi connectivity index (χ1) is 7.77. The smallest absolute Gasteiger partial charge is 0.0736 e. The van der Waals surface area contributed by atoms with E-state index in [1.165, 1.54) is 24.1 Å². The maximum absolute atomic E-state index is 11.0. The highest BCUT2D eigenvalue weighted by Gasteiger charge is 2.16. The van der Waals surface area contributed by atoms with Crippen molar-refractivity contribution in [1.82, 2.24) is 4.98 Å². The molecule has 1 heterocycles. The number of nitrogens with one attached hydrogen (secondary N) is 1. The first-order valence-corrected chi connectivity index (χ1v) is 5.61. The van der Waals surface area contributed by atoms with Crippen molar-refractivity contribution >= 4 is 16.9 Å². The zero-order chi connectivity index (χ0) is 11.1. The van der Waals surface area contributed by atoms with Crippen LogP contribution in [-0.4, -0.2) is 11.0 Å². The Morgan fingerprint density at radius 3 is 2.88 bits per heavy atom. The molecule has 0 amide bonds. The minimum atomic E-state index is -1.11. The second kappa shape index (κ2) is 3.37. The zero-order valence-corrected chi connectivity index (χ0v) is 8.88. The van der Waals surface area contributed by atoms with Crippen LogP contribution in [0.3, 0.4) is 0 Å². The van der Waals surface area contributed by atoms with E-state index in [0.29, 0.717) is 0 Å². The van der Waals surface area contributed by atoms with Crippen LogP contribution in [0, 0.1) is 0 Å². The van der Waals surface area contributed by atoms with Crippen LogP contribution in [0.15, 0.2) is 18.2 Å². The van der Waals surface area contributed by atoms with Crippen molar-refractivity contribution in [3.05, 3.63) is 35.0 Å². The molecule has 0 unspecified atom stereocenters. The van der Waals surface area contributed by atoms with E-state index in [1.807, 2.05) is 6.07 Å². The molecule has 0 bridgehead atoms. The zero-order valence-electron chi connectivity index (χ0n) is 8.88. The molecule has 1 aliphatic rings. The van der Waals surface area contributed by atoms with E-state index in [9.17, 15) is 9.90 Å². The number of hydrogen-bond donors (Lipinski definition) is 1. The molecular weight excluding hydrogens is 202 g/mol. The van der Waals surface area contributed by atoms with Crippen molar-refractivity contribution < 1.29 is 9.90 Å². The first kappa shape index (κ1) is 9.46. The number of carboxylic acids is 1. The number of aryl methyl sites for hydroxylation is 2. The largest absolute Gasteiger partial charge is 0.545 e. The average Bonchev–Trinajstić information content (AvgIpc) is 2.67. The maximum atomic E-state index is 11.0. The SMILES string of the molecule is O=C([O-])c1cccc2c3c([nH]c12)CCCC3.